The number of carbonyl (C=O) groups is 1. The molecule has 1 N–H and O–H groups in total. The topological polar surface area (TPSA) is 63.1 Å². The minimum atomic E-state index is -0.320. The molecule has 0 saturated carbocycles. The van der Waals surface area contributed by atoms with Gasteiger partial charge in [0.1, 0.15) is 5.82 Å². The molecule has 3 aromatic rings. The van der Waals surface area contributed by atoms with E-state index in [-0.39, 0.29) is 11.7 Å². The van der Waals surface area contributed by atoms with Crippen molar-refractivity contribution in [1.29, 1.82) is 0 Å². The number of nitrogens with zero attached hydrogens (tertiary/aromatic N) is 4. The molecule has 6 nitrogen and oxygen atoms in total. The normalized spacial score (nSPS) is 15.3. The van der Waals surface area contributed by atoms with E-state index in [1.54, 1.807) is 35.3 Å². The average Bonchev–Trinajstić information content (AvgIpc) is 3.22. The molecule has 3 heterocycles. The molecule has 0 bridgehead atoms. The van der Waals surface area contributed by atoms with Gasteiger partial charge in [0.15, 0.2) is 5.69 Å². The summed E-state index contributed by atoms with van der Waals surface area (Å²) in [6, 6.07) is 11.5. The number of amides is 1. The fraction of sp³-hybridized carbons (Fsp3) is 0.348. The van der Waals surface area contributed by atoms with Crippen molar-refractivity contribution in [3.8, 4) is 16.9 Å². The number of carbonyl (C=O) groups excluding carboxylic acids is 1. The van der Waals surface area contributed by atoms with Crippen LogP contribution in [-0.2, 0) is 0 Å². The molecule has 1 aliphatic rings. The molecular weight excluding hydrogens is 381 g/mol. The van der Waals surface area contributed by atoms with Crippen LogP contribution in [0.2, 0.25) is 0 Å². The lowest BCUT2D eigenvalue weighted by atomic mass is 9.99. The lowest BCUT2D eigenvalue weighted by molar-refractivity contribution is 0.0939. The van der Waals surface area contributed by atoms with E-state index in [1.165, 1.54) is 25.0 Å². The van der Waals surface area contributed by atoms with Gasteiger partial charge in [-0.1, -0.05) is 6.92 Å². The van der Waals surface area contributed by atoms with E-state index in [0.717, 1.165) is 36.8 Å². The number of pyridine rings is 1. The van der Waals surface area contributed by atoms with Crippen molar-refractivity contribution in [2.24, 2.45) is 5.92 Å². The van der Waals surface area contributed by atoms with Crippen molar-refractivity contribution in [1.82, 2.24) is 25.0 Å². The second-order valence-corrected chi connectivity index (χ2v) is 7.82. The van der Waals surface area contributed by atoms with E-state index in [2.05, 4.69) is 27.2 Å². The van der Waals surface area contributed by atoms with Gasteiger partial charge < -0.3 is 10.2 Å². The van der Waals surface area contributed by atoms with Crippen LogP contribution in [0, 0.1) is 11.7 Å². The van der Waals surface area contributed by atoms with Gasteiger partial charge in [-0.15, -0.1) is 0 Å². The molecular formula is C23H26FN5O. The molecule has 7 heteroatoms. The Morgan fingerprint density at radius 3 is 2.67 bits per heavy atom. The van der Waals surface area contributed by atoms with Crippen LogP contribution in [0.25, 0.3) is 16.9 Å². The predicted molar refractivity (Wildman–Crippen MR) is 114 cm³/mol. The van der Waals surface area contributed by atoms with Crippen LogP contribution in [0.3, 0.4) is 0 Å². The van der Waals surface area contributed by atoms with Gasteiger partial charge in [0.05, 0.1) is 11.4 Å². The van der Waals surface area contributed by atoms with Crippen molar-refractivity contribution in [3.05, 3.63) is 66.4 Å². The third-order valence-electron chi connectivity index (χ3n) is 5.56. The van der Waals surface area contributed by atoms with Crippen molar-refractivity contribution < 1.29 is 9.18 Å². The molecule has 0 radical (unpaired) electrons. The minimum Gasteiger partial charge on any atom is -0.349 e. The monoisotopic (exact) mass is 407 g/mol. The lowest BCUT2D eigenvalue weighted by Gasteiger charge is -2.30. The highest BCUT2D eigenvalue weighted by molar-refractivity contribution is 5.93. The first-order valence-corrected chi connectivity index (χ1v) is 10.4. The van der Waals surface area contributed by atoms with Gasteiger partial charge in [0.2, 0.25) is 0 Å². The summed E-state index contributed by atoms with van der Waals surface area (Å²) < 4.78 is 15.0. The Balaban J connectivity index is 1.50. The predicted octanol–water partition coefficient (Wildman–Crippen LogP) is 3.54. The van der Waals surface area contributed by atoms with E-state index in [1.807, 2.05) is 12.1 Å². The highest BCUT2D eigenvalue weighted by Gasteiger charge is 2.18. The zero-order valence-electron chi connectivity index (χ0n) is 17.1. The molecule has 0 spiro atoms. The molecule has 4 rings (SSSR count). The number of nitrogens with one attached hydrogen (secondary N) is 1. The highest BCUT2D eigenvalue weighted by atomic mass is 19.1. The fourth-order valence-corrected chi connectivity index (χ4v) is 3.69. The van der Waals surface area contributed by atoms with Crippen LogP contribution < -0.4 is 5.32 Å². The fourth-order valence-electron chi connectivity index (χ4n) is 3.69. The van der Waals surface area contributed by atoms with Gasteiger partial charge in [-0.3, -0.25) is 9.78 Å². The van der Waals surface area contributed by atoms with Crippen molar-refractivity contribution in [2.45, 2.75) is 19.8 Å². The van der Waals surface area contributed by atoms with E-state index in [9.17, 15) is 9.18 Å². The molecule has 1 fully saturated rings. The molecule has 156 valence electrons. The van der Waals surface area contributed by atoms with Gasteiger partial charge in [0.25, 0.3) is 5.91 Å². The first-order chi connectivity index (χ1) is 14.6. The van der Waals surface area contributed by atoms with Gasteiger partial charge in [-0.05, 0) is 74.3 Å². The highest BCUT2D eigenvalue weighted by Crippen LogP contribution is 2.23. The van der Waals surface area contributed by atoms with Crippen LogP contribution in [-0.4, -0.2) is 51.8 Å². The SMILES string of the molecule is CC1CCN(CCNC(=O)c2cc(-c3cccnc3)n(-c3ccc(F)cc3)n2)CC1. The van der Waals surface area contributed by atoms with Crippen LogP contribution in [0.1, 0.15) is 30.3 Å². The average molecular weight is 407 g/mol. The Kier molecular flexibility index (Phi) is 6.18. The molecule has 1 saturated heterocycles. The summed E-state index contributed by atoms with van der Waals surface area (Å²) in [5.41, 5.74) is 2.56. The Morgan fingerprint density at radius 2 is 1.97 bits per heavy atom. The van der Waals surface area contributed by atoms with Crippen LogP contribution in [0.4, 0.5) is 4.39 Å². The summed E-state index contributed by atoms with van der Waals surface area (Å²) in [7, 11) is 0. The molecule has 0 atom stereocenters. The van der Waals surface area contributed by atoms with Crippen molar-refractivity contribution in [3.63, 3.8) is 0 Å². The van der Waals surface area contributed by atoms with E-state index < -0.39 is 0 Å². The molecule has 1 aromatic carbocycles. The lowest BCUT2D eigenvalue weighted by Crippen LogP contribution is -2.39. The maximum Gasteiger partial charge on any atom is 0.271 e. The Morgan fingerprint density at radius 1 is 1.20 bits per heavy atom. The number of benzene rings is 1. The minimum absolute atomic E-state index is 0.216. The number of hydrogen-bond donors (Lipinski definition) is 1. The second-order valence-electron chi connectivity index (χ2n) is 7.82. The number of likely N-dealkylation sites (tertiary alicyclic amines) is 1. The largest absolute Gasteiger partial charge is 0.349 e. The first kappa shape index (κ1) is 20.2. The van der Waals surface area contributed by atoms with E-state index in [4.69, 9.17) is 0 Å². The smallest absolute Gasteiger partial charge is 0.271 e. The summed E-state index contributed by atoms with van der Waals surface area (Å²) >= 11 is 0. The summed E-state index contributed by atoms with van der Waals surface area (Å²) in [5.74, 6) is 0.252. The Bertz CT molecular complexity index is 979. The Labute approximate surface area is 175 Å². The van der Waals surface area contributed by atoms with Crippen molar-refractivity contribution >= 4 is 5.91 Å². The molecule has 0 aliphatic carbocycles. The zero-order valence-corrected chi connectivity index (χ0v) is 17.1. The van der Waals surface area contributed by atoms with Gasteiger partial charge in [0, 0.05) is 31.0 Å². The van der Waals surface area contributed by atoms with Gasteiger partial charge in [-0.2, -0.15) is 5.10 Å². The number of piperidine rings is 1. The summed E-state index contributed by atoms with van der Waals surface area (Å²) in [4.78, 5) is 19.3. The summed E-state index contributed by atoms with van der Waals surface area (Å²) in [5, 5.41) is 7.48. The first-order valence-electron chi connectivity index (χ1n) is 10.4. The maximum atomic E-state index is 13.4. The van der Waals surface area contributed by atoms with Crippen LogP contribution >= 0.6 is 0 Å². The third kappa shape index (κ3) is 4.74. The standard InChI is InChI=1S/C23H26FN5O/c1-17-8-12-28(13-9-17)14-11-26-23(30)21-15-22(18-3-2-10-25-16-18)29(27-21)20-6-4-19(24)5-7-20/h2-7,10,15-17H,8-9,11-14H2,1H3,(H,26,30). The maximum absolute atomic E-state index is 13.4. The van der Waals surface area contributed by atoms with Crippen molar-refractivity contribution in [2.75, 3.05) is 26.2 Å². The second kappa shape index (κ2) is 9.17. The Hall–Kier alpha value is -3.06. The third-order valence-corrected chi connectivity index (χ3v) is 5.56. The van der Waals surface area contributed by atoms with Gasteiger partial charge >= 0.3 is 0 Å². The van der Waals surface area contributed by atoms with E-state index in [0.29, 0.717) is 17.9 Å². The van der Waals surface area contributed by atoms with Crippen LogP contribution in [0.5, 0.6) is 0 Å². The number of aromatic nitrogens is 3. The van der Waals surface area contributed by atoms with E-state index >= 15 is 0 Å². The summed E-state index contributed by atoms with van der Waals surface area (Å²) in [6.07, 6.45) is 5.84. The molecule has 30 heavy (non-hydrogen) atoms. The number of halogens is 1. The number of rotatable bonds is 6. The molecule has 2 aromatic heterocycles. The quantitative estimate of drug-likeness (QED) is 0.679. The number of hydrogen-bond acceptors (Lipinski definition) is 4. The summed E-state index contributed by atoms with van der Waals surface area (Å²) in [6.45, 7) is 5.88. The molecule has 1 aliphatic heterocycles. The molecule has 1 amide bonds. The van der Waals surface area contributed by atoms with Crippen LogP contribution in [0.15, 0.2) is 54.9 Å². The van der Waals surface area contributed by atoms with Gasteiger partial charge in [-0.25, -0.2) is 9.07 Å². The zero-order chi connectivity index (χ0) is 20.9. The molecule has 0 unspecified atom stereocenters.